The quantitative estimate of drug-likeness (QED) is 0.697. The highest BCUT2D eigenvalue weighted by atomic mass is 32.1. The Labute approximate surface area is 131 Å². The molecule has 0 N–H and O–H groups in total. The summed E-state index contributed by atoms with van der Waals surface area (Å²) in [5.41, 5.74) is 2.60. The number of ketones is 1. The molecule has 5 nitrogen and oxygen atoms in total. The molecule has 0 saturated carbocycles. The highest BCUT2D eigenvalue weighted by molar-refractivity contribution is 7.12. The Morgan fingerprint density at radius 1 is 1.23 bits per heavy atom. The van der Waals surface area contributed by atoms with Crippen LogP contribution in [0.2, 0.25) is 0 Å². The van der Waals surface area contributed by atoms with E-state index >= 15 is 0 Å². The lowest BCUT2D eigenvalue weighted by Gasteiger charge is -2.07. The summed E-state index contributed by atoms with van der Waals surface area (Å²) < 4.78 is 5.56. The van der Waals surface area contributed by atoms with Crippen LogP contribution in [0.5, 0.6) is 0 Å². The predicted octanol–water partition coefficient (Wildman–Crippen LogP) is 3.13. The molecule has 0 aliphatic carbocycles. The summed E-state index contributed by atoms with van der Waals surface area (Å²) >= 11 is 1.23. The number of carbonyl (C=O) groups excluding carboxylic acids is 2. The summed E-state index contributed by atoms with van der Waals surface area (Å²) in [6.07, 6.45) is 0. The lowest BCUT2D eigenvalue weighted by atomic mass is 10.2. The summed E-state index contributed by atoms with van der Waals surface area (Å²) in [5, 5.41) is 1.68. The van der Waals surface area contributed by atoms with Crippen LogP contribution in [0.1, 0.15) is 31.5 Å². The molecule has 0 saturated heterocycles. The second-order valence-electron chi connectivity index (χ2n) is 5.17. The highest BCUT2D eigenvalue weighted by Crippen LogP contribution is 2.24. The molecule has 0 aliphatic rings. The number of aryl methyl sites for hydroxylation is 1. The van der Waals surface area contributed by atoms with Crippen molar-refractivity contribution in [2.75, 3.05) is 14.1 Å². The molecular weight excluding hydrogens is 300 g/mol. The van der Waals surface area contributed by atoms with Gasteiger partial charge in [-0.1, -0.05) is 0 Å². The largest absolute Gasteiger partial charge is 0.451 e. The fourth-order valence-electron chi connectivity index (χ4n) is 2.08. The van der Waals surface area contributed by atoms with E-state index < -0.39 is 0 Å². The average molecular weight is 314 g/mol. The molecular formula is C16H14N2O3S. The van der Waals surface area contributed by atoms with Gasteiger partial charge in [0, 0.05) is 31.2 Å². The van der Waals surface area contributed by atoms with Crippen molar-refractivity contribution in [2.24, 2.45) is 0 Å². The molecule has 0 atom stereocenters. The third-order valence-electron chi connectivity index (χ3n) is 3.21. The molecule has 0 spiro atoms. The van der Waals surface area contributed by atoms with E-state index in [4.69, 9.17) is 4.42 Å². The molecule has 0 aromatic carbocycles. The zero-order valence-corrected chi connectivity index (χ0v) is 13.2. The second-order valence-corrected chi connectivity index (χ2v) is 6.09. The number of amides is 1. The van der Waals surface area contributed by atoms with Crippen molar-refractivity contribution in [1.29, 1.82) is 0 Å². The van der Waals surface area contributed by atoms with Gasteiger partial charge in [-0.25, -0.2) is 4.98 Å². The summed E-state index contributed by atoms with van der Waals surface area (Å²) in [7, 11) is 3.35. The maximum atomic E-state index is 12.5. The number of fused-ring (bicyclic) bond motifs is 1. The van der Waals surface area contributed by atoms with Gasteiger partial charge in [-0.15, -0.1) is 11.3 Å². The van der Waals surface area contributed by atoms with Crippen molar-refractivity contribution in [1.82, 2.24) is 9.88 Å². The molecule has 0 fully saturated rings. The van der Waals surface area contributed by atoms with Crippen molar-refractivity contribution in [3.05, 3.63) is 51.5 Å². The lowest BCUT2D eigenvalue weighted by Crippen LogP contribution is -2.20. The summed E-state index contributed by atoms with van der Waals surface area (Å²) in [4.78, 5) is 30.6. The topological polar surface area (TPSA) is 63.4 Å². The number of aromatic nitrogens is 1. The molecule has 0 unspecified atom stereocenters. The maximum absolute atomic E-state index is 12.5. The third-order valence-corrected chi connectivity index (χ3v) is 4.14. The molecule has 3 aromatic rings. The molecule has 112 valence electrons. The van der Waals surface area contributed by atoms with Crippen LogP contribution < -0.4 is 0 Å². The minimum atomic E-state index is -0.238. The summed E-state index contributed by atoms with van der Waals surface area (Å²) in [6.45, 7) is 1.88. The molecule has 0 aliphatic heterocycles. The van der Waals surface area contributed by atoms with Crippen molar-refractivity contribution < 1.29 is 14.0 Å². The number of hydrogen-bond acceptors (Lipinski definition) is 5. The molecule has 22 heavy (non-hydrogen) atoms. The summed E-state index contributed by atoms with van der Waals surface area (Å²) in [5.74, 6) is -0.130. The van der Waals surface area contributed by atoms with Crippen LogP contribution in [0.3, 0.4) is 0 Å². The van der Waals surface area contributed by atoms with E-state index in [1.54, 1.807) is 37.7 Å². The number of carbonyl (C=O) groups is 2. The van der Waals surface area contributed by atoms with Crippen LogP contribution >= 0.6 is 11.3 Å². The first-order valence-corrected chi connectivity index (χ1v) is 7.56. The van der Waals surface area contributed by atoms with Crippen LogP contribution in [0, 0.1) is 6.92 Å². The maximum Gasteiger partial charge on any atom is 0.254 e. The number of hydrogen-bond donors (Lipinski definition) is 0. The van der Waals surface area contributed by atoms with E-state index in [1.165, 1.54) is 16.2 Å². The first-order chi connectivity index (χ1) is 10.5. The normalized spacial score (nSPS) is 10.9. The number of rotatable bonds is 3. The lowest BCUT2D eigenvalue weighted by molar-refractivity contribution is 0.0828. The first kappa shape index (κ1) is 14.5. The highest BCUT2D eigenvalue weighted by Gasteiger charge is 2.19. The molecule has 3 heterocycles. The van der Waals surface area contributed by atoms with Gasteiger partial charge in [-0.05, 0) is 25.1 Å². The number of nitrogens with zero attached hydrogens (tertiary/aromatic N) is 2. The van der Waals surface area contributed by atoms with E-state index in [2.05, 4.69) is 4.98 Å². The first-order valence-electron chi connectivity index (χ1n) is 6.68. The zero-order chi connectivity index (χ0) is 15.9. The minimum Gasteiger partial charge on any atom is -0.451 e. The van der Waals surface area contributed by atoms with Crippen molar-refractivity contribution in [2.45, 2.75) is 6.92 Å². The molecule has 0 bridgehead atoms. The van der Waals surface area contributed by atoms with Crippen LogP contribution in [-0.2, 0) is 0 Å². The van der Waals surface area contributed by atoms with Crippen molar-refractivity contribution >= 4 is 34.1 Å². The molecule has 1 amide bonds. The standard InChI is InChI=1S/C16H14N2O3S/c1-9-4-5-12-11(17-9)7-13(21-12)15(19)14-6-10(8-22-14)16(20)18(2)3/h4-8H,1-3H3. The van der Waals surface area contributed by atoms with Crippen LogP contribution in [-0.4, -0.2) is 35.7 Å². The molecule has 0 radical (unpaired) electrons. The van der Waals surface area contributed by atoms with E-state index in [0.29, 0.717) is 21.5 Å². The molecule has 6 heteroatoms. The fraction of sp³-hybridized carbons (Fsp3) is 0.188. The molecule has 3 aromatic heterocycles. The predicted molar refractivity (Wildman–Crippen MR) is 84.5 cm³/mol. The van der Waals surface area contributed by atoms with Crippen LogP contribution in [0.25, 0.3) is 11.1 Å². The van der Waals surface area contributed by atoms with Crippen molar-refractivity contribution in [3.63, 3.8) is 0 Å². The SMILES string of the molecule is Cc1ccc2oc(C(=O)c3cc(C(=O)N(C)C)cs3)cc2n1. The zero-order valence-electron chi connectivity index (χ0n) is 12.4. The molecule has 3 rings (SSSR count). The van der Waals surface area contributed by atoms with Gasteiger partial charge in [0.2, 0.25) is 5.78 Å². The third kappa shape index (κ3) is 2.53. The average Bonchev–Trinajstić information content (AvgIpc) is 3.11. The smallest absolute Gasteiger partial charge is 0.254 e. The summed E-state index contributed by atoms with van der Waals surface area (Å²) in [6, 6.07) is 6.86. The Balaban J connectivity index is 1.94. The van der Waals surface area contributed by atoms with E-state index in [1.807, 2.05) is 13.0 Å². The number of pyridine rings is 1. The van der Waals surface area contributed by atoms with Gasteiger partial charge in [-0.2, -0.15) is 0 Å². The Morgan fingerprint density at radius 3 is 2.73 bits per heavy atom. The Hall–Kier alpha value is -2.47. The van der Waals surface area contributed by atoms with Crippen LogP contribution in [0.4, 0.5) is 0 Å². The van der Waals surface area contributed by atoms with Gasteiger partial charge >= 0.3 is 0 Å². The van der Waals surface area contributed by atoms with E-state index in [-0.39, 0.29) is 17.5 Å². The van der Waals surface area contributed by atoms with Crippen LogP contribution in [0.15, 0.2) is 34.1 Å². The van der Waals surface area contributed by atoms with Gasteiger partial charge in [0.15, 0.2) is 11.3 Å². The minimum absolute atomic E-state index is 0.128. The number of thiophene rings is 1. The van der Waals surface area contributed by atoms with Gasteiger partial charge in [0.1, 0.15) is 5.52 Å². The van der Waals surface area contributed by atoms with Crippen molar-refractivity contribution in [3.8, 4) is 0 Å². The van der Waals surface area contributed by atoms with Gasteiger partial charge < -0.3 is 9.32 Å². The monoisotopic (exact) mass is 314 g/mol. The van der Waals surface area contributed by atoms with E-state index in [9.17, 15) is 9.59 Å². The Morgan fingerprint density at radius 2 is 2.00 bits per heavy atom. The fourth-order valence-corrected chi connectivity index (χ4v) is 2.91. The van der Waals surface area contributed by atoms with E-state index in [0.717, 1.165) is 5.69 Å². The second kappa shape index (κ2) is 5.38. The van der Waals surface area contributed by atoms with Gasteiger partial charge in [-0.3, -0.25) is 9.59 Å². The number of furan rings is 1. The van der Waals surface area contributed by atoms with Gasteiger partial charge in [0.25, 0.3) is 5.91 Å². The Kier molecular flexibility index (Phi) is 3.54. The van der Waals surface area contributed by atoms with Gasteiger partial charge in [0.05, 0.1) is 10.4 Å². The Bertz CT molecular complexity index is 877.